The van der Waals surface area contributed by atoms with Crippen LogP contribution in [0.2, 0.25) is 0 Å². The highest BCUT2D eigenvalue weighted by Gasteiger charge is 2.20. The SMILES string of the molecule is CC1CN(C)c2cc(C(C)O)ccc2O1. The van der Waals surface area contributed by atoms with E-state index >= 15 is 0 Å². The molecule has 3 heteroatoms. The highest BCUT2D eigenvalue weighted by Crippen LogP contribution is 2.34. The number of benzene rings is 1. The summed E-state index contributed by atoms with van der Waals surface area (Å²) in [6.45, 7) is 4.71. The molecule has 0 bridgehead atoms. The average Bonchev–Trinajstić information content (AvgIpc) is 2.16. The van der Waals surface area contributed by atoms with Gasteiger partial charge in [0.05, 0.1) is 18.3 Å². The lowest BCUT2D eigenvalue weighted by molar-refractivity contribution is 0.197. The lowest BCUT2D eigenvalue weighted by atomic mass is 10.1. The zero-order valence-corrected chi connectivity index (χ0v) is 9.40. The fourth-order valence-corrected chi connectivity index (χ4v) is 1.93. The molecule has 1 aliphatic rings. The lowest BCUT2D eigenvalue weighted by Gasteiger charge is -2.32. The van der Waals surface area contributed by atoms with Crippen molar-refractivity contribution < 1.29 is 9.84 Å². The molecule has 0 saturated carbocycles. The molecule has 0 amide bonds. The summed E-state index contributed by atoms with van der Waals surface area (Å²) in [6, 6.07) is 5.84. The quantitative estimate of drug-likeness (QED) is 0.764. The zero-order valence-electron chi connectivity index (χ0n) is 9.40. The minimum absolute atomic E-state index is 0.222. The van der Waals surface area contributed by atoms with Gasteiger partial charge in [0.15, 0.2) is 0 Å². The minimum Gasteiger partial charge on any atom is -0.487 e. The van der Waals surface area contributed by atoms with Crippen LogP contribution in [0, 0.1) is 0 Å². The molecule has 1 aromatic carbocycles. The first-order valence-electron chi connectivity index (χ1n) is 5.27. The van der Waals surface area contributed by atoms with Crippen molar-refractivity contribution in [3.63, 3.8) is 0 Å². The Morgan fingerprint density at radius 3 is 2.93 bits per heavy atom. The minimum atomic E-state index is -0.428. The van der Waals surface area contributed by atoms with Gasteiger partial charge in [0.2, 0.25) is 0 Å². The Hall–Kier alpha value is -1.22. The van der Waals surface area contributed by atoms with E-state index in [4.69, 9.17) is 4.74 Å². The Kier molecular flexibility index (Phi) is 2.57. The second kappa shape index (κ2) is 3.74. The van der Waals surface area contributed by atoms with Crippen LogP contribution in [0.5, 0.6) is 5.75 Å². The molecule has 0 radical (unpaired) electrons. The molecule has 0 fully saturated rings. The standard InChI is InChI=1S/C12H17NO2/c1-8-7-13(3)11-6-10(9(2)14)4-5-12(11)15-8/h4-6,8-9,14H,7H2,1-3H3. The first-order chi connectivity index (χ1) is 7.08. The van der Waals surface area contributed by atoms with Crippen LogP contribution in [0.3, 0.4) is 0 Å². The molecule has 3 nitrogen and oxygen atoms in total. The van der Waals surface area contributed by atoms with Gasteiger partial charge in [-0.1, -0.05) is 6.07 Å². The maximum atomic E-state index is 9.50. The van der Waals surface area contributed by atoms with Gasteiger partial charge in [-0.15, -0.1) is 0 Å². The number of ether oxygens (including phenoxy) is 1. The highest BCUT2D eigenvalue weighted by atomic mass is 16.5. The van der Waals surface area contributed by atoms with Crippen LogP contribution in [0.4, 0.5) is 5.69 Å². The van der Waals surface area contributed by atoms with Gasteiger partial charge in [-0.05, 0) is 31.5 Å². The number of hydrogen-bond donors (Lipinski definition) is 1. The lowest BCUT2D eigenvalue weighted by Crippen LogP contribution is -2.35. The van der Waals surface area contributed by atoms with Gasteiger partial charge in [0.25, 0.3) is 0 Å². The van der Waals surface area contributed by atoms with Crippen LogP contribution in [0.15, 0.2) is 18.2 Å². The van der Waals surface area contributed by atoms with Crippen molar-refractivity contribution >= 4 is 5.69 Å². The molecule has 1 aromatic rings. The Morgan fingerprint density at radius 1 is 1.53 bits per heavy atom. The summed E-state index contributed by atoms with van der Waals surface area (Å²) in [5.41, 5.74) is 1.99. The highest BCUT2D eigenvalue weighted by molar-refractivity contribution is 5.61. The van der Waals surface area contributed by atoms with Gasteiger partial charge in [-0.2, -0.15) is 0 Å². The summed E-state index contributed by atoms with van der Waals surface area (Å²) in [6.07, 6.45) is -0.206. The summed E-state index contributed by atoms with van der Waals surface area (Å²) in [7, 11) is 2.05. The monoisotopic (exact) mass is 207 g/mol. The normalized spacial score (nSPS) is 21.9. The van der Waals surface area contributed by atoms with Crippen LogP contribution < -0.4 is 9.64 Å². The molecule has 1 heterocycles. The predicted molar refractivity (Wildman–Crippen MR) is 60.4 cm³/mol. The van der Waals surface area contributed by atoms with Gasteiger partial charge in [-0.3, -0.25) is 0 Å². The number of anilines is 1. The molecule has 1 N–H and O–H groups in total. The van der Waals surface area contributed by atoms with Crippen LogP contribution in [0.25, 0.3) is 0 Å². The van der Waals surface area contributed by atoms with Crippen molar-refractivity contribution in [2.45, 2.75) is 26.1 Å². The first kappa shape index (κ1) is 10.3. The van der Waals surface area contributed by atoms with Gasteiger partial charge in [0, 0.05) is 7.05 Å². The van der Waals surface area contributed by atoms with E-state index in [9.17, 15) is 5.11 Å². The molecule has 0 aromatic heterocycles. The summed E-state index contributed by atoms with van der Waals surface area (Å²) < 4.78 is 5.71. The summed E-state index contributed by atoms with van der Waals surface area (Å²) in [5.74, 6) is 0.903. The van der Waals surface area contributed by atoms with Gasteiger partial charge in [-0.25, -0.2) is 0 Å². The third-order valence-electron chi connectivity index (χ3n) is 2.74. The molecule has 1 aliphatic heterocycles. The number of nitrogens with zero attached hydrogens (tertiary/aromatic N) is 1. The number of likely N-dealkylation sites (N-methyl/N-ethyl adjacent to an activating group) is 1. The van der Waals surface area contributed by atoms with E-state index in [1.54, 1.807) is 6.92 Å². The third kappa shape index (κ3) is 1.92. The predicted octanol–water partition coefficient (Wildman–Crippen LogP) is 1.96. The van der Waals surface area contributed by atoms with Gasteiger partial charge in [0.1, 0.15) is 11.9 Å². The fourth-order valence-electron chi connectivity index (χ4n) is 1.93. The van der Waals surface area contributed by atoms with Crippen LogP contribution in [-0.2, 0) is 0 Å². The van der Waals surface area contributed by atoms with E-state index in [0.29, 0.717) is 0 Å². The number of fused-ring (bicyclic) bond motifs is 1. The largest absolute Gasteiger partial charge is 0.487 e. The molecule has 15 heavy (non-hydrogen) atoms. The third-order valence-corrected chi connectivity index (χ3v) is 2.74. The van der Waals surface area contributed by atoms with Crippen molar-refractivity contribution in [1.82, 2.24) is 0 Å². The maximum absolute atomic E-state index is 9.50. The van der Waals surface area contributed by atoms with E-state index in [0.717, 1.165) is 23.5 Å². The van der Waals surface area contributed by atoms with E-state index in [1.807, 2.05) is 25.2 Å². The Bertz CT molecular complexity index is 363. The van der Waals surface area contributed by atoms with Crippen molar-refractivity contribution in [1.29, 1.82) is 0 Å². The molecular weight excluding hydrogens is 190 g/mol. The van der Waals surface area contributed by atoms with E-state index < -0.39 is 6.10 Å². The molecular formula is C12H17NO2. The summed E-state index contributed by atoms with van der Waals surface area (Å²) in [5, 5.41) is 9.50. The number of rotatable bonds is 1. The van der Waals surface area contributed by atoms with Crippen LogP contribution >= 0.6 is 0 Å². The zero-order chi connectivity index (χ0) is 11.0. The topological polar surface area (TPSA) is 32.7 Å². The van der Waals surface area contributed by atoms with Crippen molar-refractivity contribution in [2.75, 3.05) is 18.5 Å². The van der Waals surface area contributed by atoms with Crippen molar-refractivity contribution in [2.24, 2.45) is 0 Å². The van der Waals surface area contributed by atoms with Crippen LogP contribution in [0.1, 0.15) is 25.5 Å². The van der Waals surface area contributed by atoms with E-state index in [1.165, 1.54) is 0 Å². The molecule has 0 spiro atoms. The molecule has 2 unspecified atom stereocenters. The van der Waals surface area contributed by atoms with Crippen molar-refractivity contribution in [3.8, 4) is 5.75 Å². The van der Waals surface area contributed by atoms with Gasteiger partial charge < -0.3 is 14.7 Å². The molecule has 2 atom stereocenters. The summed E-state index contributed by atoms with van der Waals surface area (Å²) in [4.78, 5) is 2.16. The molecule has 0 aliphatic carbocycles. The second-order valence-corrected chi connectivity index (χ2v) is 4.21. The van der Waals surface area contributed by atoms with E-state index in [-0.39, 0.29) is 6.10 Å². The Morgan fingerprint density at radius 2 is 2.27 bits per heavy atom. The van der Waals surface area contributed by atoms with Gasteiger partial charge >= 0.3 is 0 Å². The van der Waals surface area contributed by atoms with Crippen LogP contribution in [-0.4, -0.2) is 24.8 Å². The first-order valence-corrected chi connectivity index (χ1v) is 5.27. The second-order valence-electron chi connectivity index (χ2n) is 4.21. The fraction of sp³-hybridized carbons (Fsp3) is 0.500. The average molecular weight is 207 g/mol. The Labute approximate surface area is 90.3 Å². The number of aliphatic hydroxyl groups excluding tert-OH is 1. The number of aliphatic hydroxyl groups is 1. The molecule has 82 valence electrons. The number of hydrogen-bond acceptors (Lipinski definition) is 3. The smallest absolute Gasteiger partial charge is 0.143 e. The van der Waals surface area contributed by atoms with E-state index in [2.05, 4.69) is 11.8 Å². The molecule has 0 saturated heterocycles. The Balaban J connectivity index is 2.39. The summed E-state index contributed by atoms with van der Waals surface area (Å²) >= 11 is 0. The maximum Gasteiger partial charge on any atom is 0.143 e. The molecule has 2 rings (SSSR count). The van der Waals surface area contributed by atoms with Crippen molar-refractivity contribution in [3.05, 3.63) is 23.8 Å².